The second kappa shape index (κ2) is 6.11. The predicted molar refractivity (Wildman–Crippen MR) is 80.3 cm³/mol. The van der Waals surface area contributed by atoms with Crippen LogP contribution in [-0.2, 0) is 10.0 Å². The molecule has 0 amide bonds. The van der Waals surface area contributed by atoms with E-state index in [9.17, 15) is 13.5 Å². The van der Waals surface area contributed by atoms with Crippen LogP contribution in [0.4, 0.5) is 5.69 Å². The summed E-state index contributed by atoms with van der Waals surface area (Å²) in [6.07, 6.45) is -0.888. The van der Waals surface area contributed by atoms with Crippen molar-refractivity contribution in [3.63, 3.8) is 0 Å². The summed E-state index contributed by atoms with van der Waals surface area (Å²) < 4.78 is 26.4. The van der Waals surface area contributed by atoms with Crippen LogP contribution in [0, 0.1) is 0 Å². The quantitative estimate of drug-likeness (QED) is 0.730. The molecule has 8 heteroatoms. The molecule has 1 aromatic carbocycles. The Morgan fingerprint density at radius 1 is 1.40 bits per heavy atom. The predicted octanol–water partition coefficient (Wildman–Crippen LogP) is 2.00. The largest absolute Gasteiger partial charge is 0.397 e. The molecule has 1 atom stereocenters. The van der Waals surface area contributed by atoms with Crippen molar-refractivity contribution in [3.05, 3.63) is 45.6 Å². The van der Waals surface area contributed by atoms with Crippen LogP contribution < -0.4 is 10.5 Å². The van der Waals surface area contributed by atoms with E-state index < -0.39 is 16.1 Å². The van der Waals surface area contributed by atoms with Crippen molar-refractivity contribution in [1.82, 2.24) is 4.72 Å². The molecule has 1 aromatic heterocycles. The first kappa shape index (κ1) is 15.3. The average Bonchev–Trinajstić information content (AvgIpc) is 2.93. The van der Waals surface area contributed by atoms with Crippen LogP contribution in [0.15, 0.2) is 39.9 Å². The normalized spacial score (nSPS) is 13.3. The lowest BCUT2D eigenvalue weighted by Gasteiger charge is -2.11. The van der Waals surface area contributed by atoms with E-state index in [4.69, 9.17) is 17.3 Å². The van der Waals surface area contributed by atoms with Gasteiger partial charge in [-0.1, -0.05) is 11.6 Å². The second-order valence-corrected chi connectivity index (χ2v) is 7.06. The molecule has 108 valence electrons. The smallest absolute Gasteiger partial charge is 0.240 e. The molecule has 2 rings (SSSR count). The molecule has 0 radical (unpaired) electrons. The Hall–Kier alpha value is -1.12. The van der Waals surface area contributed by atoms with Gasteiger partial charge in [0.1, 0.15) is 0 Å². The Morgan fingerprint density at radius 2 is 2.15 bits per heavy atom. The highest BCUT2D eigenvalue weighted by Gasteiger charge is 2.17. The fourth-order valence-corrected chi connectivity index (χ4v) is 3.44. The Balaban J connectivity index is 2.09. The van der Waals surface area contributed by atoms with Gasteiger partial charge >= 0.3 is 0 Å². The first-order chi connectivity index (χ1) is 9.40. The molecular weight excluding hydrogens is 320 g/mol. The molecule has 0 aliphatic carbocycles. The van der Waals surface area contributed by atoms with Gasteiger partial charge in [-0.2, -0.15) is 11.3 Å². The maximum absolute atomic E-state index is 12.1. The summed E-state index contributed by atoms with van der Waals surface area (Å²) in [5.74, 6) is 0. The summed E-state index contributed by atoms with van der Waals surface area (Å²) in [5.41, 5.74) is 6.44. The molecule has 1 unspecified atom stereocenters. The number of hydrogen-bond acceptors (Lipinski definition) is 5. The number of nitrogens with two attached hydrogens (primary N) is 1. The number of aliphatic hydroxyl groups excluding tert-OH is 1. The van der Waals surface area contributed by atoms with Gasteiger partial charge in [-0.15, -0.1) is 0 Å². The second-order valence-electron chi connectivity index (χ2n) is 4.11. The molecule has 20 heavy (non-hydrogen) atoms. The summed E-state index contributed by atoms with van der Waals surface area (Å²) >= 11 is 7.18. The Labute approximate surface area is 126 Å². The SMILES string of the molecule is Nc1cc(S(=O)(=O)NCC(O)c2ccsc2)ccc1Cl. The maximum atomic E-state index is 12.1. The van der Waals surface area contributed by atoms with Gasteiger partial charge in [0.05, 0.1) is 21.7 Å². The number of sulfonamides is 1. The van der Waals surface area contributed by atoms with Crippen LogP contribution in [0.5, 0.6) is 0 Å². The number of nitrogens with one attached hydrogen (secondary N) is 1. The molecule has 0 spiro atoms. The van der Waals surface area contributed by atoms with Gasteiger partial charge in [0.15, 0.2) is 0 Å². The molecular formula is C12H13ClN2O3S2. The zero-order chi connectivity index (χ0) is 14.8. The van der Waals surface area contributed by atoms with E-state index in [0.717, 1.165) is 0 Å². The minimum absolute atomic E-state index is 0.0110. The summed E-state index contributed by atoms with van der Waals surface area (Å²) in [6, 6.07) is 5.80. The van der Waals surface area contributed by atoms with E-state index in [1.807, 2.05) is 5.38 Å². The molecule has 0 aliphatic rings. The highest BCUT2D eigenvalue weighted by Crippen LogP contribution is 2.22. The monoisotopic (exact) mass is 332 g/mol. The maximum Gasteiger partial charge on any atom is 0.240 e. The van der Waals surface area contributed by atoms with Crippen molar-refractivity contribution < 1.29 is 13.5 Å². The van der Waals surface area contributed by atoms with Gasteiger partial charge in [0.2, 0.25) is 10.0 Å². The number of benzene rings is 1. The standard InChI is InChI=1S/C12H13ClN2O3S2/c13-10-2-1-9(5-11(10)14)20(17,18)15-6-12(16)8-3-4-19-7-8/h1-5,7,12,15-16H,6,14H2. The van der Waals surface area contributed by atoms with E-state index in [1.165, 1.54) is 29.5 Å². The number of rotatable bonds is 5. The Bertz CT molecular complexity index is 687. The third-order valence-electron chi connectivity index (χ3n) is 2.67. The molecule has 5 nitrogen and oxygen atoms in total. The summed E-state index contributed by atoms with van der Waals surface area (Å²) in [6.45, 7) is -0.110. The Kier molecular flexibility index (Phi) is 4.66. The number of aliphatic hydroxyl groups is 1. The molecule has 1 heterocycles. The molecule has 0 aliphatic heterocycles. The van der Waals surface area contributed by atoms with Crippen molar-refractivity contribution in [2.45, 2.75) is 11.0 Å². The molecule has 0 saturated heterocycles. The van der Waals surface area contributed by atoms with Crippen molar-refractivity contribution in [2.24, 2.45) is 0 Å². The van der Waals surface area contributed by atoms with E-state index in [1.54, 1.807) is 11.4 Å². The summed E-state index contributed by atoms with van der Waals surface area (Å²) in [5, 5.41) is 13.7. The number of nitrogen functional groups attached to an aromatic ring is 1. The van der Waals surface area contributed by atoms with Crippen molar-refractivity contribution in [3.8, 4) is 0 Å². The van der Waals surface area contributed by atoms with Crippen LogP contribution in [0.3, 0.4) is 0 Å². The van der Waals surface area contributed by atoms with Crippen LogP contribution in [0.25, 0.3) is 0 Å². The van der Waals surface area contributed by atoms with Gasteiger partial charge in [-0.3, -0.25) is 0 Å². The number of anilines is 1. The van der Waals surface area contributed by atoms with Crippen LogP contribution in [-0.4, -0.2) is 20.1 Å². The number of halogens is 1. The van der Waals surface area contributed by atoms with Crippen molar-refractivity contribution in [1.29, 1.82) is 0 Å². The first-order valence-corrected chi connectivity index (χ1v) is 8.45. The van der Waals surface area contributed by atoms with Crippen LogP contribution in [0.2, 0.25) is 5.02 Å². The fourth-order valence-electron chi connectivity index (χ4n) is 1.54. The summed E-state index contributed by atoms with van der Waals surface area (Å²) in [4.78, 5) is 0.0110. The van der Waals surface area contributed by atoms with Gasteiger partial charge in [-0.05, 0) is 40.6 Å². The molecule has 0 bridgehead atoms. The first-order valence-electron chi connectivity index (χ1n) is 5.65. The number of hydrogen-bond donors (Lipinski definition) is 3. The fraction of sp³-hybridized carbons (Fsp3) is 0.167. The van der Waals surface area contributed by atoms with E-state index in [2.05, 4.69) is 4.72 Å². The Morgan fingerprint density at radius 3 is 2.75 bits per heavy atom. The zero-order valence-electron chi connectivity index (χ0n) is 10.3. The lowest BCUT2D eigenvalue weighted by Crippen LogP contribution is -2.28. The van der Waals surface area contributed by atoms with Crippen molar-refractivity contribution >= 4 is 38.6 Å². The summed E-state index contributed by atoms with van der Waals surface area (Å²) in [7, 11) is -3.73. The third-order valence-corrected chi connectivity index (χ3v) is 5.14. The van der Waals surface area contributed by atoms with E-state index in [-0.39, 0.29) is 17.1 Å². The topological polar surface area (TPSA) is 92.4 Å². The van der Waals surface area contributed by atoms with E-state index >= 15 is 0 Å². The average molecular weight is 333 g/mol. The molecule has 2 aromatic rings. The highest BCUT2D eigenvalue weighted by atomic mass is 35.5. The van der Waals surface area contributed by atoms with Gasteiger partial charge in [0, 0.05) is 6.54 Å². The van der Waals surface area contributed by atoms with E-state index in [0.29, 0.717) is 10.6 Å². The number of thiophene rings is 1. The molecule has 4 N–H and O–H groups in total. The van der Waals surface area contributed by atoms with Crippen LogP contribution in [0.1, 0.15) is 11.7 Å². The highest BCUT2D eigenvalue weighted by molar-refractivity contribution is 7.89. The van der Waals surface area contributed by atoms with Crippen LogP contribution >= 0.6 is 22.9 Å². The minimum atomic E-state index is -3.73. The lowest BCUT2D eigenvalue weighted by molar-refractivity contribution is 0.182. The van der Waals surface area contributed by atoms with Gasteiger partial charge in [-0.25, -0.2) is 13.1 Å². The molecule has 0 saturated carbocycles. The lowest BCUT2D eigenvalue weighted by atomic mass is 10.2. The van der Waals surface area contributed by atoms with Crippen molar-refractivity contribution in [2.75, 3.05) is 12.3 Å². The minimum Gasteiger partial charge on any atom is -0.397 e. The third kappa shape index (κ3) is 3.50. The zero-order valence-corrected chi connectivity index (χ0v) is 12.7. The van der Waals surface area contributed by atoms with Gasteiger partial charge in [0.25, 0.3) is 0 Å². The van der Waals surface area contributed by atoms with Gasteiger partial charge < -0.3 is 10.8 Å². The molecule has 0 fully saturated rings.